The summed E-state index contributed by atoms with van der Waals surface area (Å²) in [5.41, 5.74) is 0.0625. The highest BCUT2D eigenvalue weighted by molar-refractivity contribution is 5.84. The van der Waals surface area contributed by atoms with Crippen molar-refractivity contribution in [3.63, 3.8) is 0 Å². The third-order valence-electron chi connectivity index (χ3n) is 0.925. The van der Waals surface area contributed by atoms with Gasteiger partial charge in [0.05, 0.1) is 0 Å². The van der Waals surface area contributed by atoms with E-state index in [1.165, 1.54) is 6.20 Å². The van der Waals surface area contributed by atoms with Crippen molar-refractivity contribution in [3.8, 4) is 0 Å². The number of aromatic carboxylic acids is 1. The minimum absolute atomic E-state index is 0.0625. The molecule has 1 rings (SSSR count). The number of carboxylic acid groups (broad SMARTS) is 1. The number of carbonyl (C=O) groups is 1. The van der Waals surface area contributed by atoms with Crippen LogP contribution in [0.4, 0.5) is 0 Å². The largest absolute Gasteiger partial charge is 0.476 e. The van der Waals surface area contributed by atoms with Gasteiger partial charge in [0.1, 0.15) is 5.82 Å². The molecular formula is C5H6N2O2. The minimum Gasteiger partial charge on any atom is -0.476 e. The molecule has 1 aromatic heterocycles. The van der Waals surface area contributed by atoms with E-state index in [9.17, 15) is 4.79 Å². The molecular weight excluding hydrogens is 120 g/mol. The van der Waals surface area contributed by atoms with Crippen molar-refractivity contribution in [1.82, 2.24) is 9.97 Å². The van der Waals surface area contributed by atoms with Crippen molar-refractivity contribution in [2.24, 2.45) is 0 Å². The van der Waals surface area contributed by atoms with Gasteiger partial charge >= 0.3 is 5.97 Å². The van der Waals surface area contributed by atoms with Crippen molar-refractivity contribution in [2.75, 3.05) is 0 Å². The fraction of sp³-hybridized carbons (Fsp3) is 0.200. The summed E-state index contributed by atoms with van der Waals surface area (Å²) >= 11 is 0. The zero-order valence-corrected chi connectivity index (χ0v) is 4.88. The van der Waals surface area contributed by atoms with Crippen LogP contribution < -0.4 is 0 Å². The zero-order chi connectivity index (χ0) is 6.85. The molecule has 0 aliphatic rings. The second-order valence-corrected chi connectivity index (χ2v) is 1.68. The molecule has 1 aromatic rings. The summed E-state index contributed by atoms with van der Waals surface area (Å²) in [5, 5.41) is 8.32. The number of aromatic amines is 1. The lowest BCUT2D eigenvalue weighted by Crippen LogP contribution is -1.95. The van der Waals surface area contributed by atoms with Crippen molar-refractivity contribution in [1.29, 1.82) is 0 Å². The molecule has 4 nitrogen and oxygen atoms in total. The summed E-state index contributed by atoms with van der Waals surface area (Å²) in [6, 6.07) is 0. The SMILES string of the molecule is Cc1nc(C(=O)O)c[nH]1. The Morgan fingerprint density at radius 3 is 2.78 bits per heavy atom. The van der Waals surface area contributed by atoms with E-state index in [2.05, 4.69) is 9.97 Å². The number of aromatic nitrogens is 2. The number of H-pyrrole nitrogens is 1. The molecule has 48 valence electrons. The van der Waals surface area contributed by atoms with Crippen molar-refractivity contribution in [3.05, 3.63) is 17.7 Å². The van der Waals surface area contributed by atoms with Crippen molar-refractivity contribution in [2.45, 2.75) is 6.92 Å². The Kier molecular flexibility index (Phi) is 1.22. The molecule has 0 aliphatic heterocycles. The first-order chi connectivity index (χ1) is 4.20. The van der Waals surface area contributed by atoms with Gasteiger partial charge in [0.2, 0.25) is 0 Å². The van der Waals surface area contributed by atoms with Crippen LogP contribution in [0.25, 0.3) is 0 Å². The van der Waals surface area contributed by atoms with Crippen LogP contribution in [0.3, 0.4) is 0 Å². The molecule has 2 N–H and O–H groups in total. The summed E-state index contributed by atoms with van der Waals surface area (Å²) in [7, 11) is 0. The van der Waals surface area contributed by atoms with Gasteiger partial charge in [-0.3, -0.25) is 0 Å². The van der Waals surface area contributed by atoms with Crippen LogP contribution >= 0.6 is 0 Å². The summed E-state index contributed by atoms with van der Waals surface area (Å²) in [4.78, 5) is 16.4. The van der Waals surface area contributed by atoms with Crippen LogP contribution in [0.2, 0.25) is 0 Å². The first-order valence-electron chi connectivity index (χ1n) is 2.45. The molecule has 0 fully saturated rings. The van der Waals surface area contributed by atoms with E-state index < -0.39 is 5.97 Å². The maximum absolute atomic E-state index is 10.1. The number of rotatable bonds is 1. The summed E-state index contributed by atoms with van der Waals surface area (Å²) in [5.74, 6) is -0.383. The Bertz CT molecular complexity index is 229. The maximum atomic E-state index is 10.1. The van der Waals surface area contributed by atoms with E-state index in [-0.39, 0.29) is 5.69 Å². The molecule has 9 heavy (non-hydrogen) atoms. The summed E-state index contributed by atoms with van der Waals surface area (Å²) in [6.07, 6.45) is 1.36. The average Bonchev–Trinajstić information content (AvgIpc) is 2.14. The molecule has 4 heteroatoms. The Labute approximate surface area is 51.5 Å². The molecule has 0 amide bonds. The van der Waals surface area contributed by atoms with E-state index in [1.807, 2.05) is 0 Å². The van der Waals surface area contributed by atoms with Gasteiger partial charge in [-0.15, -0.1) is 0 Å². The molecule has 0 spiro atoms. The van der Waals surface area contributed by atoms with Crippen molar-refractivity contribution < 1.29 is 9.90 Å². The van der Waals surface area contributed by atoms with Gasteiger partial charge in [0.25, 0.3) is 0 Å². The van der Waals surface area contributed by atoms with E-state index in [1.54, 1.807) is 6.92 Å². The molecule has 0 unspecified atom stereocenters. The highest BCUT2D eigenvalue weighted by Crippen LogP contribution is 1.93. The van der Waals surface area contributed by atoms with Crippen LogP contribution in [0.5, 0.6) is 0 Å². The zero-order valence-electron chi connectivity index (χ0n) is 4.88. The smallest absolute Gasteiger partial charge is 0.356 e. The third kappa shape index (κ3) is 1.07. The maximum Gasteiger partial charge on any atom is 0.356 e. The molecule has 0 atom stereocenters. The van der Waals surface area contributed by atoms with Gasteiger partial charge in [-0.1, -0.05) is 0 Å². The minimum atomic E-state index is -1.00. The Hall–Kier alpha value is -1.32. The molecule has 1 heterocycles. The lowest BCUT2D eigenvalue weighted by Gasteiger charge is -1.78. The molecule has 0 saturated heterocycles. The molecule has 0 aromatic carbocycles. The van der Waals surface area contributed by atoms with Gasteiger partial charge in [0.15, 0.2) is 5.69 Å². The first kappa shape index (κ1) is 5.81. The van der Waals surface area contributed by atoms with Crippen LogP contribution in [-0.2, 0) is 0 Å². The number of nitrogens with zero attached hydrogens (tertiary/aromatic N) is 1. The van der Waals surface area contributed by atoms with E-state index in [0.717, 1.165) is 0 Å². The highest BCUT2D eigenvalue weighted by atomic mass is 16.4. The van der Waals surface area contributed by atoms with Gasteiger partial charge in [-0.05, 0) is 6.92 Å². The fourth-order valence-electron chi connectivity index (χ4n) is 0.528. The molecule has 0 aliphatic carbocycles. The quantitative estimate of drug-likeness (QED) is 0.573. The third-order valence-corrected chi connectivity index (χ3v) is 0.925. The van der Waals surface area contributed by atoms with Crippen LogP contribution in [0.15, 0.2) is 6.20 Å². The fourth-order valence-corrected chi connectivity index (χ4v) is 0.528. The second-order valence-electron chi connectivity index (χ2n) is 1.68. The number of hydrogen-bond donors (Lipinski definition) is 2. The number of carboxylic acids is 1. The lowest BCUT2D eigenvalue weighted by molar-refractivity contribution is 0.0691. The van der Waals surface area contributed by atoms with Gasteiger partial charge < -0.3 is 10.1 Å². The molecule has 0 bridgehead atoms. The van der Waals surface area contributed by atoms with E-state index >= 15 is 0 Å². The van der Waals surface area contributed by atoms with E-state index in [0.29, 0.717) is 5.82 Å². The number of aryl methyl sites for hydroxylation is 1. The topological polar surface area (TPSA) is 66.0 Å². The van der Waals surface area contributed by atoms with Crippen LogP contribution in [0, 0.1) is 6.92 Å². The Balaban J connectivity index is 2.98. The van der Waals surface area contributed by atoms with Gasteiger partial charge in [-0.25, -0.2) is 9.78 Å². The average molecular weight is 126 g/mol. The Morgan fingerprint density at radius 2 is 2.56 bits per heavy atom. The Morgan fingerprint density at radius 1 is 1.89 bits per heavy atom. The number of hydrogen-bond acceptors (Lipinski definition) is 2. The highest BCUT2D eigenvalue weighted by Gasteiger charge is 2.03. The standard InChI is InChI=1S/C5H6N2O2/c1-3-6-2-4(7-3)5(8)9/h2H,1H3,(H,6,7)(H,8,9). The molecule has 0 radical (unpaired) electrons. The van der Waals surface area contributed by atoms with Crippen LogP contribution in [-0.4, -0.2) is 21.0 Å². The summed E-state index contributed by atoms with van der Waals surface area (Å²) in [6.45, 7) is 1.70. The molecule has 0 saturated carbocycles. The number of imidazole rings is 1. The predicted molar refractivity (Wildman–Crippen MR) is 30.3 cm³/mol. The lowest BCUT2D eigenvalue weighted by atomic mass is 10.5. The van der Waals surface area contributed by atoms with E-state index in [4.69, 9.17) is 5.11 Å². The van der Waals surface area contributed by atoms with Crippen LogP contribution in [0.1, 0.15) is 16.3 Å². The van der Waals surface area contributed by atoms with Crippen molar-refractivity contribution >= 4 is 5.97 Å². The predicted octanol–water partition coefficient (Wildman–Crippen LogP) is 0.416. The normalized spacial score (nSPS) is 9.44. The monoisotopic (exact) mass is 126 g/mol. The second kappa shape index (κ2) is 1.89. The number of nitrogens with one attached hydrogen (secondary N) is 1. The summed E-state index contributed by atoms with van der Waals surface area (Å²) < 4.78 is 0. The first-order valence-corrected chi connectivity index (χ1v) is 2.45. The van der Waals surface area contributed by atoms with Gasteiger partial charge in [0, 0.05) is 6.20 Å². The van der Waals surface area contributed by atoms with Gasteiger partial charge in [-0.2, -0.15) is 0 Å².